The molecule has 0 spiro atoms. The molecular formula is C19H30O3S. The van der Waals surface area contributed by atoms with Crippen molar-refractivity contribution in [2.45, 2.75) is 39.9 Å². The molecule has 2 aromatic rings. The van der Waals surface area contributed by atoms with Crippen molar-refractivity contribution in [3.05, 3.63) is 66.2 Å². The number of ether oxygens (including phenoxy) is 1. The van der Waals surface area contributed by atoms with Gasteiger partial charge in [-0.1, -0.05) is 76.2 Å². The third kappa shape index (κ3) is 8.65. The van der Waals surface area contributed by atoms with E-state index in [0.717, 1.165) is 5.56 Å². The maximum Gasteiger partial charge on any atom is 0.152 e. The molecule has 0 aliphatic rings. The second-order valence-electron chi connectivity index (χ2n) is 4.01. The average molecular weight is 339 g/mol. The Morgan fingerprint density at radius 2 is 1.26 bits per heavy atom. The van der Waals surface area contributed by atoms with Crippen LogP contribution >= 0.6 is 13.5 Å². The van der Waals surface area contributed by atoms with E-state index < -0.39 is 12.2 Å². The monoisotopic (exact) mass is 338 g/mol. The molecular weight excluding hydrogens is 308 g/mol. The van der Waals surface area contributed by atoms with Gasteiger partial charge in [-0.15, -0.1) is 0 Å². The lowest BCUT2D eigenvalue weighted by Crippen LogP contribution is -2.27. The summed E-state index contributed by atoms with van der Waals surface area (Å²) >= 11 is 0. The Hall–Kier alpha value is -1.49. The van der Waals surface area contributed by atoms with Gasteiger partial charge in [-0.05, 0) is 17.7 Å². The van der Waals surface area contributed by atoms with Crippen molar-refractivity contribution >= 4 is 13.5 Å². The van der Waals surface area contributed by atoms with Gasteiger partial charge in [-0.2, -0.15) is 13.5 Å². The number of hydrogen-bond donors (Lipinski definition) is 2. The highest BCUT2D eigenvalue weighted by Crippen LogP contribution is 2.24. The molecule has 2 aromatic carbocycles. The highest BCUT2D eigenvalue weighted by Gasteiger charge is 2.22. The zero-order chi connectivity index (χ0) is 16.8. The third-order valence-corrected chi connectivity index (χ3v) is 2.67. The van der Waals surface area contributed by atoms with Crippen LogP contribution in [0.25, 0.3) is 0 Å². The quantitative estimate of drug-likeness (QED) is 0.853. The molecule has 3 nitrogen and oxygen atoms in total. The summed E-state index contributed by atoms with van der Waals surface area (Å²) in [5.74, 6) is 0.666. The fourth-order valence-electron chi connectivity index (χ4n) is 1.75. The van der Waals surface area contributed by atoms with Crippen LogP contribution in [0.4, 0.5) is 0 Å². The van der Waals surface area contributed by atoms with Crippen LogP contribution in [0.1, 0.15) is 39.4 Å². The Kier molecular flexibility index (Phi) is 15.9. The van der Waals surface area contributed by atoms with E-state index in [1.54, 1.807) is 0 Å². The summed E-state index contributed by atoms with van der Waals surface area (Å²) in [6, 6.07) is 18.6. The van der Waals surface area contributed by atoms with Crippen molar-refractivity contribution in [2.75, 3.05) is 6.61 Å². The number of benzene rings is 2. The number of aliphatic hydroxyl groups is 2. The minimum absolute atomic E-state index is 0. The van der Waals surface area contributed by atoms with Crippen LogP contribution in [0, 0.1) is 0 Å². The first kappa shape index (κ1) is 23.8. The van der Waals surface area contributed by atoms with Crippen LogP contribution in [-0.2, 0) is 0 Å². The van der Waals surface area contributed by atoms with Crippen molar-refractivity contribution in [3.63, 3.8) is 0 Å². The SMILES string of the molecule is CC.CC.OC[C@@H](O)[C@@H](Oc1ccccc1)c1ccccc1.S. The summed E-state index contributed by atoms with van der Waals surface area (Å²) < 4.78 is 5.74. The van der Waals surface area contributed by atoms with Gasteiger partial charge in [-0.3, -0.25) is 0 Å². The second kappa shape index (κ2) is 15.4. The predicted octanol–water partition coefficient (Wildman–Crippen LogP) is 4.33. The van der Waals surface area contributed by atoms with Crippen molar-refractivity contribution in [2.24, 2.45) is 0 Å². The van der Waals surface area contributed by atoms with E-state index in [-0.39, 0.29) is 20.1 Å². The van der Waals surface area contributed by atoms with Crippen LogP contribution in [0.3, 0.4) is 0 Å². The normalized spacial score (nSPS) is 11.4. The Balaban J connectivity index is 0. The van der Waals surface area contributed by atoms with Gasteiger partial charge >= 0.3 is 0 Å². The van der Waals surface area contributed by atoms with Gasteiger partial charge in [0.1, 0.15) is 11.9 Å². The Morgan fingerprint density at radius 1 is 0.826 bits per heavy atom. The molecule has 130 valence electrons. The zero-order valence-corrected chi connectivity index (χ0v) is 15.4. The molecule has 0 unspecified atom stereocenters. The molecule has 2 N–H and O–H groups in total. The molecule has 0 saturated carbocycles. The summed E-state index contributed by atoms with van der Waals surface area (Å²) in [5.41, 5.74) is 0.836. The molecule has 0 heterocycles. The minimum atomic E-state index is -0.951. The molecule has 4 heteroatoms. The Bertz CT molecular complexity index is 463. The van der Waals surface area contributed by atoms with Gasteiger partial charge in [0.2, 0.25) is 0 Å². The zero-order valence-electron chi connectivity index (χ0n) is 14.4. The predicted molar refractivity (Wildman–Crippen MR) is 102 cm³/mol. The summed E-state index contributed by atoms with van der Waals surface area (Å²) in [4.78, 5) is 0. The fraction of sp³-hybridized carbons (Fsp3) is 0.368. The lowest BCUT2D eigenvalue weighted by molar-refractivity contribution is -0.00189. The smallest absolute Gasteiger partial charge is 0.152 e. The van der Waals surface area contributed by atoms with E-state index in [1.165, 1.54) is 0 Å². The molecule has 2 rings (SSSR count). The van der Waals surface area contributed by atoms with Crippen molar-refractivity contribution in [3.8, 4) is 5.75 Å². The molecule has 0 aliphatic heterocycles. The van der Waals surface area contributed by atoms with Gasteiger partial charge in [-0.25, -0.2) is 0 Å². The second-order valence-corrected chi connectivity index (χ2v) is 4.01. The van der Waals surface area contributed by atoms with Crippen molar-refractivity contribution in [1.29, 1.82) is 0 Å². The summed E-state index contributed by atoms with van der Waals surface area (Å²) in [6.45, 7) is 7.66. The number of hydrogen-bond acceptors (Lipinski definition) is 3. The molecule has 0 saturated heterocycles. The van der Waals surface area contributed by atoms with E-state index in [9.17, 15) is 5.11 Å². The molecule has 0 bridgehead atoms. The lowest BCUT2D eigenvalue weighted by Gasteiger charge is -2.23. The van der Waals surface area contributed by atoms with Crippen molar-refractivity contribution in [1.82, 2.24) is 0 Å². The number of rotatable bonds is 5. The van der Waals surface area contributed by atoms with E-state index in [4.69, 9.17) is 9.84 Å². The van der Waals surface area contributed by atoms with E-state index in [0.29, 0.717) is 5.75 Å². The molecule has 0 radical (unpaired) electrons. The summed E-state index contributed by atoms with van der Waals surface area (Å²) in [7, 11) is 0. The summed E-state index contributed by atoms with van der Waals surface area (Å²) in [5, 5.41) is 19.0. The van der Waals surface area contributed by atoms with Crippen LogP contribution in [0.2, 0.25) is 0 Å². The van der Waals surface area contributed by atoms with Gasteiger partial charge in [0.05, 0.1) is 6.61 Å². The van der Waals surface area contributed by atoms with Crippen LogP contribution < -0.4 is 4.74 Å². The van der Waals surface area contributed by atoms with E-state index >= 15 is 0 Å². The molecule has 23 heavy (non-hydrogen) atoms. The number of aliphatic hydroxyl groups excluding tert-OH is 2. The number of para-hydroxylation sites is 1. The minimum Gasteiger partial charge on any atom is -0.483 e. The third-order valence-electron chi connectivity index (χ3n) is 2.67. The van der Waals surface area contributed by atoms with Gasteiger partial charge in [0.15, 0.2) is 6.10 Å². The maximum atomic E-state index is 9.86. The first-order valence-corrected chi connectivity index (χ1v) is 7.87. The van der Waals surface area contributed by atoms with Crippen LogP contribution in [-0.4, -0.2) is 22.9 Å². The fourth-order valence-corrected chi connectivity index (χ4v) is 1.75. The van der Waals surface area contributed by atoms with Crippen molar-refractivity contribution < 1.29 is 14.9 Å². The first-order valence-electron chi connectivity index (χ1n) is 7.87. The lowest BCUT2D eigenvalue weighted by atomic mass is 10.0. The van der Waals surface area contributed by atoms with Crippen LogP contribution in [0.15, 0.2) is 60.7 Å². The van der Waals surface area contributed by atoms with Gasteiger partial charge in [0.25, 0.3) is 0 Å². The molecule has 0 fully saturated rings. The maximum absolute atomic E-state index is 9.86. The van der Waals surface area contributed by atoms with E-state index in [1.807, 2.05) is 88.4 Å². The standard InChI is InChI=1S/C15H16O3.2C2H6.H2S/c16-11-14(17)15(12-7-3-1-4-8-12)18-13-9-5-2-6-10-13;2*1-2;/h1-10,14-17H,11H2;2*1-2H3;1H2/t14-,15+;;;/m1.../s1. The highest BCUT2D eigenvalue weighted by atomic mass is 32.1. The molecule has 0 amide bonds. The summed E-state index contributed by atoms with van der Waals surface area (Å²) in [6.07, 6.45) is -1.52. The highest BCUT2D eigenvalue weighted by molar-refractivity contribution is 7.59. The van der Waals surface area contributed by atoms with Gasteiger partial charge < -0.3 is 14.9 Å². The average Bonchev–Trinajstić information content (AvgIpc) is 2.64. The first-order chi connectivity index (χ1) is 10.8. The van der Waals surface area contributed by atoms with Crippen LogP contribution in [0.5, 0.6) is 5.75 Å². The molecule has 2 atom stereocenters. The largest absolute Gasteiger partial charge is 0.483 e. The topological polar surface area (TPSA) is 49.7 Å². The Morgan fingerprint density at radius 3 is 1.70 bits per heavy atom. The molecule has 0 aromatic heterocycles. The van der Waals surface area contributed by atoms with Gasteiger partial charge in [0, 0.05) is 0 Å². The Labute approximate surface area is 147 Å². The van der Waals surface area contributed by atoms with E-state index in [2.05, 4.69) is 0 Å². The molecule has 0 aliphatic carbocycles.